The van der Waals surface area contributed by atoms with E-state index in [1.807, 2.05) is 20.8 Å². The van der Waals surface area contributed by atoms with Crippen LogP contribution in [-0.4, -0.2) is 73.8 Å². The van der Waals surface area contributed by atoms with Crippen LogP contribution in [0.2, 0.25) is 0 Å². The van der Waals surface area contributed by atoms with E-state index in [1.165, 1.54) is 18.6 Å². The number of aromatic nitrogens is 2. The van der Waals surface area contributed by atoms with Crippen LogP contribution < -0.4 is 16.0 Å². The van der Waals surface area contributed by atoms with Gasteiger partial charge in [-0.05, 0) is 56.3 Å². The van der Waals surface area contributed by atoms with Crippen molar-refractivity contribution in [1.82, 2.24) is 30.8 Å². The zero-order chi connectivity index (χ0) is 32.5. The Morgan fingerprint density at radius 1 is 1.02 bits per heavy atom. The van der Waals surface area contributed by atoms with Crippen molar-refractivity contribution < 1.29 is 33.2 Å². The fourth-order valence-electron chi connectivity index (χ4n) is 7.20. The van der Waals surface area contributed by atoms with Crippen molar-refractivity contribution in [2.45, 2.75) is 128 Å². The molecular formula is C31H48N6O7P+. The molecule has 7 atom stereocenters. The van der Waals surface area contributed by atoms with Crippen molar-refractivity contribution in [3.63, 3.8) is 0 Å². The molecule has 1 aromatic heterocycles. The van der Waals surface area contributed by atoms with Crippen LogP contribution in [0.4, 0.5) is 0 Å². The largest absolute Gasteiger partial charge is 0.696 e. The standard InChI is InChI=1S/C31H47N6O7P/c1-4-10-25(44-45(42)43)34-29(39)24-17-21-13-8-9-14-23(21)37(24)31(41)26(19(2)3)35-30(40)27(20-11-6-5-7-12-20)36-28(38)22-18-32-15-16-33-22/h15-16,18-21,23-27H,4-14,17H2,1-3H3,(H3-,34,35,36,38,39,40,42,43)/p+1/t21-,23-,24-,25+,26-,27-/m0/s1. The van der Waals surface area contributed by atoms with Gasteiger partial charge >= 0.3 is 8.25 Å². The molecule has 0 radical (unpaired) electrons. The number of fused-ring (bicyclic) bond motifs is 1. The van der Waals surface area contributed by atoms with E-state index < -0.39 is 50.3 Å². The van der Waals surface area contributed by atoms with Crippen LogP contribution in [0.25, 0.3) is 0 Å². The number of carbonyl (C=O) groups excluding carboxylic acids is 4. The van der Waals surface area contributed by atoms with Crippen molar-refractivity contribution in [3.05, 3.63) is 24.3 Å². The minimum Gasteiger partial charge on any atom is -0.342 e. The molecule has 1 aliphatic heterocycles. The molecule has 2 heterocycles. The van der Waals surface area contributed by atoms with Crippen LogP contribution in [-0.2, 0) is 23.5 Å². The molecule has 4 rings (SSSR count). The molecule has 1 saturated heterocycles. The highest BCUT2D eigenvalue weighted by molar-refractivity contribution is 7.32. The zero-order valence-electron chi connectivity index (χ0n) is 26.5. The molecule has 2 saturated carbocycles. The predicted octanol–water partition coefficient (Wildman–Crippen LogP) is 3.36. The Hall–Kier alpha value is -3.02. The third-order valence-corrected chi connectivity index (χ3v) is 9.87. The molecule has 0 bridgehead atoms. The Morgan fingerprint density at radius 3 is 2.38 bits per heavy atom. The SMILES string of the molecule is CCC[C@H](NC(=O)[C@@H]1C[C@@H]2CCCC[C@@H]2N1C(=O)[C@@H](NC(=O)[C@@H](NC(=O)c1cnccn1)C1CCCCC1)C(C)C)O[P+](=O)O. The number of hydrogen-bond donors (Lipinski definition) is 4. The van der Waals surface area contributed by atoms with Crippen LogP contribution in [0.5, 0.6) is 0 Å². The van der Waals surface area contributed by atoms with E-state index in [0.29, 0.717) is 19.3 Å². The lowest BCUT2D eigenvalue weighted by Crippen LogP contribution is -2.61. The highest BCUT2D eigenvalue weighted by Gasteiger charge is 2.50. The van der Waals surface area contributed by atoms with Gasteiger partial charge in [0.15, 0.2) is 6.23 Å². The third kappa shape index (κ3) is 9.04. The van der Waals surface area contributed by atoms with Gasteiger partial charge in [0.05, 0.1) is 6.20 Å². The molecule has 13 nitrogen and oxygen atoms in total. The summed E-state index contributed by atoms with van der Waals surface area (Å²) in [6.45, 7) is 5.57. The quantitative estimate of drug-likeness (QED) is 0.184. The average Bonchev–Trinajstić information content (AvgIpc) is 3.42. The minimum atomic E-state index is -2.92. The lowest BCUT2D eigenvalue weighted by Gasteiger charge is -2.38. The summed E-state index contributed by atoms with van der Waals surface area (Å²) in [6.07, 6.45) is 12.8. The lowest BCUT2D eigenvalue weighted by atomic mass is 9.83. The zero-order valence-corrected chi connectivity index (χ0v) is 27.4. The number of nitrogens with one attached hydrogen (secondary N) is 3. The molecule has 4 N–H and O–H groups in total. The van der Waals surface area contributed by atoms with Crippen LogP contribution in [0.3, 0.4) is 0 Å². The second-order valence-corrected chi connectivity index (χ2v) is 13.6. The summed E-state index contributed by atoms with van der Waals surface area (Å²) in [5.41, 5.74) is 0.105. The molecule has 1 aromatic rings. The summed E-state index contributed by atoms with van der Waals surface area (Å²) in [5.74, 6) is -1.96. The average molecular weight is 648 g/mol. The smallest absolute Gasteiger partial charge is 0.342 e. The Morgan fingerprint density at radius 2 is 1.73 bits per heavy atom. The summed E-state index contributed by atoms with van der Waals surface area (Å²) >= 11 is 0. The summed E-state index contributed by atoms with van der Waals surface area (Å²) in [5, 5.41) is 8.60. The molecule has 0 aromatic carbocycles. The van der Waals surface area contributed by atoms with Gasteiger partial charge in [-0.3, -0.25) is 24.2 Å². The first kappa shape index (κ1) is 34.8. The van der Waals surface area contributed by atoms with Crippen molar-refractivity contribution in [1.29, 1.82) is 0 Å². The van der Waals surface area contributed by atoms with Crippen molar-refractivity contribution in [2.75, 3.05) is 0 Å². The topological polar surface area (TPSA) is 180 Å². The maximum Gasteiger partial charge on any atom is 0.696 e. The summed E-state index contributed by atoms with van der Waals surface area (Å²) in [4.78, 5) is 74.1. The molecule has 3 aliphatic rings. The normalized spacial score (nSPS) is 24.2. The summed E-state index contributed by atoms with van der Waals surface area (Å²) < 4.78 is 16.4. The number of amides is 4. The maximum atomic E-state index is 14.4. The Bertz CT molecular complexity index is 1200. The highest BCUT2D eigenvalue weighted by atomic mass is 31.1. The summed E-state index contributed by atoms with van der Waals surface area (Å²) in [6, 6.07) is -2.73. The molecule has 2 aliphatic carbocycles. The van der Waals surface area contributed by atoms with Gasteiger partial charge in [0.2, 0.25) is 17.7 Å². The van der Waals surface area contributed by atoms with E-state index in [-0.39, 0.29) is 35.4 Å². The van der Waals surface area contributed by atoms with E-state index in [0.717, 1.165) is 57.8 Å². The molecule has 14 heteroatoms. The molecule has 1 unspecified atom stereocenters. The highest BCUT2D eigenvalue weighted by Crippen LogP contribution is 2.40. The van der Waals surface area contributed by atoms with E-state index in [1.54, 1.807) is 4.90 Å². The second-order valence-electron chi connectivity index (χ2n) is 12.9. The van der Waals surface area contributed by atoms with Crippen LogP contribution in [0, 0.1) is 17.8 Å². The van der Waals surface area contributed by atoms with Gasteiger partial charge in [0.1, 0.15) is 23.8 Å². The fraction of sp³-hybridized carbons (Fsp3) is 0.742. The monoisotopic (exact) mass is 647 g/mol. The van der Waals surface area contributed by atoms with E-state index in [2.05, 4.69) is 25.9 Å². The van der Waals surface area contributed by atoms with Crippen LogP contribution in [0.15, 0.2) is 18.6 Å². The fourth-order valence-corrected chi connectivity index (χ4v) is 7.58. The van der Waals surface area contributed by atoms with Gasteiger partial charge in [0, 0.05) is 23.0 Å². The molecular weight excluding hydrogens is 599 g/mol. The number of rotatable bonds is 13. The molecule has 45 heavy (non-hydrogen) atoms. The number of carbonyl (C=O) groups is 4. The van der Waals surface area contributed by atoms with Crippen LogP contribution in [0.1, 0.15) is 108 Å². The summed E-state index contributed by atoms with van der Waals surface area (Å²) in [7, 11) is -2.92. The second kappa shape index (κ2) is 16.5. The number of hydrogen-bond acceptors (Lipinski definition) is 8. The maximum absolute atomic E-state index is 14.4. The minimum absolute atomic E-state index is 0.0937. The van der Waals surface area contributed by atoms with Gasteiger partial charge < -0.3 is 20.9 Å². The number of nitrogens with zero attached hydrogens (tertiary/aromatic N) is 3. The Kier molecular flexibility index (Phi) is 12.8. The van der Waals surface area contributed by atoms with E-state index in [9.17, 15) is 28.6 Å². The van der Waals surface area contributed by atoms with Gasteiger partial charge in [-0.1, -0.05) is 63.8 Å². The first-order valence-electron chi connectivity index (χ1n) is 16.4. The van der Waals surface area contributed by atoms with E-state index >= 15 is 0 Å². The van der Waals surface area contributed by atoms with Gasteiger partial charge in [-0.2, -0.15) is 0 Å². The third-order valence-electron chi connectivity index (χ3n) is 9.43. The van der Waals surface area contributed by atoms with E-state index in [4.69, 9.17) is 4.52 Å². The van der Waals surface area contributed by atoms with Gasteiger partial charge in [-0.25, -0.2) is 4.98 Å². The first-order chi connectivity index (χ1) is 21.6. The molecule has 0 spiro atoms. The van der Waals surface area contributed by atoms with Crippen LogP contribution >= 0.6 is 8.25 Å². The van der Waals surface area contributed by atoms with Crippen molar-refractivity contribution in [3.8, 4) is 0 Å². The lowest BCUT2D eigenvalue weighted by molar-refractivity contribution is -0.146. The first-order valence-corrected chi connectivity index (χ1v) is 17.6. The van der Waals surface area contributed by atoms with Crippen molar-refractivity contribution in [2.24, 2.45) is 17.8 Å². The molecule has 4 amide bonds. The Balaban J connectivity index is 1.56. The molecule has 248 valence electrons. The van der Waals surface area contributed by atoms with Crippen molar-refractivity contribution >= 4 is 31.9 Å². The molecule has 3 fully saturated rings. The Labute approximate surface area is 266 Å². The number of likely N-dealkylation sites (tertiary alicyclic amines) is 1. The predicted molar refractivity (Wildman–Crippen MR) is 165 cm³/mol. The van der Waals surface area contributed by atoms with Gasteiger partial charge in [-0.15, -0.1) is 4.89 Å². The van der Waals surface area contributed by atoms with Gasteiger partial charge in [0.25, 0.3) is 5.91 Å².